The number of aromatic amines is 1. The highest BCUT2D eigenvalue weighted by atomic mass is 32.2. The summed E-state index contributed by atoms with van der Waals surface area (Å²) in [7, 11) is 0. The highest BCUT2D eigenvalue weighted by Crippen LogP contribution is 2.44. The van der Waals surface area contributed by atoms with Crippen molar-refractivity contribution in [3.8, 4) is 11.4 Å². The molecule has 3 atom stereocenters. The first-order valence-corrected chi connectivity index (χ1v) is 9.16. The number of nitrogens with one attached hydrogen (secondary N) is 2. The summed E-state index contributed by atoms with van der Waals surface area (Å²) >= 11 is 1.38. The Morgan fingerprint density at radius 1 is 1.26 bits per heavy atom. The molecule has 2 fully saturated rings. The van der Waals surface area contributed by atoms with Crippen LogP contribution in [-0.2, 0) is 4.79 Å². The van der Waals surface area contributed by atoms with Gasteiger partial charge in [-0.1, -0.05) is 48.5 Å². The summed E-state index contributed by atoms with van der Waals surface area (Å²) in [6.07, 6.45) is 5.11. The van der Waals surface area contributed by atoms with Gasteiger partial charge in [-0.15, -0.1) is 5.10 Å². The van der Waals surface area contributed by atoms with Gasteiger partial charge in [-0.3, -0.25) is 9.89 Å². The maximum absolute atomic E-state index is 12.1. The lowest BCUT2D eigenvalue weighted by atomic mass is 9.95. The average molecular weight is 328 g/mol. The Morgan fingerprint density at radius 2 is 2.13 bits per heavy atom. The van der Waals surface area contributed by atoms with E-state index in [0.29, 0.717) is 22.9 Å². The van der Waals surface area contributed by atoms with Crippen LogP contribution < -0.4 is 5.32 Å². The lowest BCUT2D eigenvalue weighted by Crippen LogP contribution is -2.39. The first kappa shape index (κ1) is 14.8. The molecule has 4 rings (SSSR count). The van der Waals surface area contributed by atoms with Crippen LogP contribution in [0.2, 0.25) is 0 Å². The van der Waals surface area contributed by atoms with Gasteiger partial charge >= 0.3 is 0 Å². The van der Waals surface area contributed by atoms with Gasteiger partial charge in [0.2, 0.25) is 11.1 Å². The number of amides is 1. The van der Waals surface area contributed by atoms with Crippen molar-refractivity contribution in [1.82, 2.24) is 20.5 Å². The van der Waals surface area contributed by atoms with Crippen LogP contribution in [0, 0.1) is 11.8 Å². The van der Waals surface area contributed by atoms with E-state index < -0.39 is 0 Å². The molecule has 0 spiro atoms. The Bertz CT molecular complexity index is 687. The van der Waals surface area contributed by atoms with Crippen molar-refractivity contribution in [3.05, 3.63) is 30.3 Å². The largest absolute Gasteiger partial charge is 0.352 e. The number of carbonyl (C=O) groups excluding carboxylic acids is 1. The minimum Gasteiger partial charge on any atom is -0.352 e. The van der Waals surface area contributed by atoms with E-state index in [1.807, 2.05) is 30.3 Å². The van der Waals surface area contributed by atoms with Crippen LogP contribution in [0.1, 0.15) is 25.7 Å². The van der Waals surface area contributed by atoms with E-state index in [4.69, 9.17) is 0 Å². The SMILES string of the molecule is O=C(CSc1n[nH]c(-c2ccccc2)n1)N[C@@H]1C[C@@H]2CC[C@@H]1C2. The van der Waals surface area contributed by atoms with Crippen LogP contribution >= 0.6 is 11.8 Å². The second-order valence-corrected chi connectivity index (χ2v) is 7.41. The van der Waals surface area contributed by atoms with Crippen molar-refractivity contribution in [2.24, 2.45) is 11.8 Å². The van der Waals surface area contributed by atoms with Crippen LogP contribution in [0.5, 0.6) is 0 Å². The number of rotatable bonds is 5. The van der Waals surface area contributed by atoms with Gasteiger partial charge in [-0.25, -0.2) is 4.98 Å². The Kier molecular flexibility index (Phi) is 4.08. The van der Waals surface area contributed by atoms with Gasteiger partial charge in [0, 0.05) is 11.6 Å². The molecule has 1 aromatic heterocycles. The maximum atomic E-state index is 12.1. The molecule has 2 saturated carbocycles. The zero-order valence-corrected chi connectivity index (χ0v) is 13.7. The fraction of sp³-hybridized carbons (Fsp3) is 0.471. The molecule has 0 radical (unpaired) electrons. The first-order chi connectivity index (χ1) is 11.3. The van der Waals surface area contributed by atoms with Gasteiger partial charge in [0.15, 0.2) is 5.82 Å². The van der Waals surface area contributed by atoms with E-state index in [1.165, 1.54) is 37.4 Å². The summed E-state index contributed by atoms with van der Waals surface area (Å²) in [5.74, 6) is 2.77. The Hall–Kier alpha value is -1.82. The summed E-state index contributed by atoms with van der Waals surface area (Å²) < 4.78 is 0. The molecule has 0 unspecified atom stereocenters. The second kappa shape index (κ2) is 6.35. The molecular weight excluding hydrogens is 308 g/mol. The number of hydrogen-bond donors (Lipinski definition) is 2. The molecule has 1 heterocycles. The quantitative estimate of drug-likeness (QED) is 0.828. The summed E-state index contributed by atoms with van der Waals surface area (Å²) in [4.78, 5) is 16.6. The number of fused-ring (bicyclic) bond motifs is 2. The number of nitrogens with zero attached hydrogens (tertiary/aromatic N) is 2. The zero-order chi connectivity index (χ0) is 15.6. The third-order valence-electron chi connectivity index (χ3n) is 4.93. The predicted octanol–water partition coefficient (Wildman–Crippen LogP) is 2.87. The number of hydrogen-bond acceptors (Lipinski definition) is 4. The van der Waals surface area contributed by atoms with E-state index >= 15 is 0 Å². The van der Waals surface area contributed by atoms with Crippen LogP contribution in [0.3, 0.4) is 0 Å². The highest BCUT2D eigenvalue weighted by molar-refractivity contribution is 7.99. The van der Waals surface area contributed by atoms with Crippen molar-refractivity contribution in [2.75, 3.05) is 5.75 Å². The molecule has 6 heteroatoms. The van der Waals surface area contributed by atoms with Gasteiger partial charge in [-0.05, 0) is 31.1 Å². The normalized spacial score (nSPS) is 25.7. The molecule has 2 aromatic rings. The minimum absolute atomic E-state index is 0.0959. The predicted molar refractivity (Wildman–Crippen MR) is 89.9 cm³/mol. The standard InChI is InChI=1S/C17H20N4OS/c22-15(18-14-9-11-6-7-13(14)8-11)10-23-17-19-16(20-21-17)12-4-2-1-3-5-12/h1-5,11,13-14H,6-10H2,(H,18,22)(H,19,20,21)/t11-,13-,14-/m1/s1. The van der Waals surface area contributed by atoms with Crippen LogP contribution in [-0.4, -0.2) is 32.9 Å². The molecule has 0 aliphatic heterocycles. The van der Waals surface area contributed by atoms with E-state index in [9.17, 15) is 4.79 Å². The van der Waals surface area contributed by atoms with Crippen LogP contribution in [0.15, 0.2) is 35.5 Å². The zero-order valence-electron chi connectivity index (χ0n) is 12.9. The average Bonchev–Trinajstić information content (AvgIpc) is 3.30. The number of H-pyrrole nitrogens is 1. The van der Waals surface area contributed by atoms with Crippen molar-refractivity contribution < 1.29 is 4.79 Å². The van der Waals surface area contributed by atoms with Gasteiger partial charge in [0.25, 0.3) is 0 Å². The second-order valence-electron chi connectivity index (χ2n) is 6.47. The summed E-state index contributed by atoms with van der Waals surface area (Å²) in [6, 6.07) is 10.3. The molecule has 0 saturated heterocycles. The minimum atomic E-state index is 0.0959. The van der Waals surface area contributed by atoms with E-state index in [2.05, 4.69) is 20.5 Å². The molecule has 1 aromatic carbocycles. The topological polar surface area (TPSA) is 70.7 Å². The summed E-state index contributed by atoms with van der Waals surface area (Å²) in [6.45, 7) is 0. The molecule has 120 valence electrons. The fourth-order valence-electron chi connectivity index (χ4n) is 3.84. The fourth-order valence-corrected chi connectivity index (χ4v) is 4.45. The maximum Gasteiger partial charge on any atom is 0.230 e. The van der Waals surface area contributed by atoms with E-state index in [1.54, 1.807) is 0 Å². The van der Waals surface area contributed by atoms with Gasteiger partial charge in [0.1, 0.15) is 0 Å². The molecule has 2 N–H and O–H groups in total. The van der Waals surface area contributed by atoms with Crippen molar-refractivity contribution in [3.63, 3.8) is 0 Å². The number of thioether (sulfide) groups is 1. The Labute approximate surface area is 139 Å². The lowest BCUT2D eigenvalue weighted by Gasteiger charge is -2.22. The van der Waals surface area contributed by atoms with Gasteiger partial charge < -0.3 is 5.32 Å². The molecule has 5 nitrogen and oxygen atoms in total. The van der Waals surface area contributed by atoms with Gasteiger partial charge in [0.05, 0.1) is 5.75 Å². The number of carbonyl (C=O) groups is 1. The molecule has 2 aliphatic rings. The van der Waals surface area contributed by atoms with Crippen LogP contribution in [0.25, 0.3) is 11.4 Å². The molecule has 23 heavy (non-hydrogen) atoms. The Balaban J connectivity index is 1.29. The van der Waals surface area contributed by atoms with Crippen LogP contribution in [0.4, 0.5) is 0 Å². The highest BCUT2D eigenvalue weighted by Gasteiger charge is 2.39. The number of aromatic nitrogens is 3. The van der Waals surface area contributed by atoms with Crippen molar-refractivity contribution >= 4 is 17.7 Å². The molecule has 1 amide bonds. The summed E-state index contributed by atoms with van der Waals surface area (Å²) in [5, 5.41) is 10.9. The first-order valence-electron chi connectivity index (χ1n) is 8.18. The third kappa shape index (κ3) is 3.27. The van der Waals surface area contributed by atoms with E-state index in [-0.39, 0.29) is 5.91 Å². The molecule has 2 bridgehead atoms. The molecular formula is C17H20N4OS. The molecule has 2 aliphatic carbocycles. The third-order valence-corrected chi connectivity index (χ3v) is 5.78. The van der Waals surface area contributed by atoms with Crippen molar-refractivity contribution in [2.45, 2.75) is 36.9 Å². The van der Waals surface area contributed by atoms with E-state index in [0.717, 1.165) is 17.3 Å². The Morgan fingerprint density at radius 3 is 2.87 bits per heavy atom. The number of benzene rings is 1. The monoisotopic (exact) mass is 328 g/mol. The van der Waals surface area contributed by atoms with Gasteiger partial charge in [-0.2, -0.15) is 0 Å². The lowest BCUT2D eigenvalue weighted by molar-refractivity contribution is -0.119. The van der Waals surface area contributed by atoms with Crippen molar-refractivity contribution in [1.29, 1.82) is 0 Å². The smallest absolute Gasteiger partial charge is 0.230 e. The summed E-state index contributed by atoms with van der Waals surface area (Å²) in [5.41, 5.74) is 0.998.